The third-order valence-electron chi connectivity index (χ3n) is 4.64. The molecule has 2 N–H and O–H groups in total. The molecule has 0 radical (unpaired) electrons. The van der Waals surface area contributed by atoms with Crippen molar-refractivity contribution in [3.8, 4) is 5.75 Å². The minimum Gasteiger partial charge on any atom is -0.495 e. The molecule has 0 spiro atoms. The molecule has 0 unspecified atom stereocenters. The SMILES string of the molecule is COc1ccccc1NC(=O)Nc1nc(C)c(C(=O)N2CCC(C)CC2)s1. The molecule has 1 saturated heterocycles. The number of likely N-dealkylation sites (tertiary alicyclic amines) is 1. The summed E-state index contributed by atoms with van der Waals surface area (Å²) in [5, 5.41) is 5.83. The number of nitrogens with one attached hydrogen (secondary N) is 2. The number of nitrogens with zero attached hydrogens (tertiary/aromatic N) is 2. The number of amides is 3. The number of hydrogen-bond donors (Lipinski definition) is 2. The van der Waals surface area contributed by atoms with E-state index in [9.17, 15) is 9.59 Å². The Morgan fingerprint density at radius 2 is 1.93 bits per heavy atom. The number of anilines is 2. The van der Waals surface area contributed by atoms with Crippen molar-refractivity contribution in [2.24, 2.45) is 5.92 Å². The van der Waals surface area contributed by atoms with E-state index in [1.165, 1.54) is 11.3 Å². The van der Waals surface area contributed by atoms with Crippen LogP contribution in [0.25, 0.3) is 0 Å². The van der Waals surface area contributed by atoms with E-state index in [1.54, 1.807) is 26.2 Å². The highest BCUT2D eigenvalue weighted by Crippen LogP contribution is 2.27. The van der Waals surface area contributed by atoms with Crippen molar-refractivity contribution in [3.63, 3.8) is 0 Å². The van der Waals surface area contributed by atoms with Crippen LogP contribution in [0.4, 0.5) is 15.6 Å². The van der Waals surface area contributed by atoms with E-state index in [4.69, 9.17) is 4.74 Å². The fraction of sp³-hybridized carbons (Fsp3) is 0.421. The van der Waals surface area contributed by atoms with Crippen LogP contribution in [0.1, 0.15) is 35.1 Å². The van der Waals surface area contributed by atoms with Gasteiger partial charge in [0.15, 0.2) is 5.13 Å². The molecule has 0 bridgehead atoms. The first-order valence-electron chi connectivity index (χ1n) is 8.95. The summed E-state index contributed by atoms with van der Waals surface area (Å²) < 4.78 is 5.22. The zero-order chi connectivity index (χ0) is 19.4. The van der Waals surface area contributed by atoms with Crippen molar-refractivity contribution < 1.29 is 14.3 Å². The fourth-order valence-corrected chi connectivity index (χ4v) is 3.93. The van der Waals surface area contributed by atoms with Gasteiger partial charge in [0.1, 0.15) is 10.6 Å². The molecule has 1 aromatic carbocycles. The van der Waals surface area contributed by atoms with Crippen molar-refractivity contribution in [1.29, 1.82) is 0 Å². The van der Waals surface area contributed by atoms with Gasteiger partial charge in [0.25, 0.3) is 5.91 Å². The standard InChI is InChI=1S/C19H24N4O3S/c1-12-8-10-23(11-9-12)17(24)16-13(2)20-19(27-16)22-18(25)21-14-6-4-5-7-15(14)26-3/h4-7,12H,8-11H2,1-3H3,(H2,20,21,22,25). The molecule has 3 rings (SSSR count). The predicted octanol–water partition coefficient (Wildman–Crippen LogP) is 3.98. The fourth-order valence-electron chi connectivity index (χ4n) is 3.00. The Morgan fingerprint density at radius 3 is 2.63 bits per heavy atom. The number of methoxy groups -OCH3 is 1. The van der Waals surface area contributed by atoms with E-state index < -0.39 is 6.03 Å². The van der Waals surface area contributed by atoms with Crippen LogP contribution in [-0.2, 0) is 0 Å². The van der Waals surface area contributed by atoms with Gasteiger partial charge >= 0.3 is 6.03 Å². The maximum atomic E-state index is 12.8. The van der Waals surface area contributed by atoms with E-state index in [2.05, 4.69) is 22.5 Å². The van der Waals surface area contributed by atoms with Crippen molar-refractivity contribution in [1.82, 2.24) is 9.88 Å². The highest BCUT2D eigenvalue weighted by Gasteiger charge is 2.25. The van der Waals surface area contributed by atoms with E-state index in [0.29, 0.717) is 33.1 Å². The monoisotopic (exact) mass is 388 g/mol. The largest absolute Gasteiger partial charge is 0.495 e. The summed E-state index contributed by atoms with van der Waals surface area (Å²) in [6.45, 7) is 5.55. The number of carbonyl (C=O) groups is 2. The van der Waals surface area contributed by atoms with Crippen LogP contribution in [0.5, 0.6) is 5.75 Å². The van der Waals surface area contributed by atoms with Gasteiger partial charge in [-0.05, 0) is 37.8 Å². The van der Waals surface area contributed by atoms with Crippen LogP contribution in [0.2, 0.25) is 0 Å². The lowest BCUT2D eigenvalue weighted by Crippen LogP contribution is -2.37. The second kappa shape index (κ2) is 8.39. The van der Waals surface area contributed by atoms with E-state index in [0.717, 1.165) is 25.9 Å². The van der Waals surface area contributed by atoms with Crippen LogP contribution in [0.15, 0.2) is 24.3 Å². The number of carbonyl (C=O) groups excluding carboxylic acids is 2. The zero-order valence-corrected chi connectivity index (χ0v) is 16.6. The third kappa shape index (κ3) is 4.57. The minimum atomic E-state index is -0.431. The molecule has 2 heterocycles. The molecule has 3 amide bonds. The Hall–Kier alpha value is -2.61. The number of para-hydroxylation sites is 2. The van der Waals surface area contributed by atoms with E-state index in [-0.39, 0.29) is 5.91 Å². The van der Waals surface area contributed by atoms with Crippen molar-refractivity contribution in [2.45, 2.75) is 26.7 Å². The lowest BCUT2D eigenvalue weighted by molar-refractivity contribution is 0.0701. The molecule has 8 heteroatoms. The Balaban J connectivity index is 1.65. The number of aromatic nitrogens is 1. The number of urea groups is 1. The van der Waals surface area contributed by atoms with Crippen LogP contribution in [-0.4, -0.2) is 42.0 Å². The van der Waals surface area contributed by atoms with Crippen molar-refractivity contribution in [3.05, 3.63) is 34.8 Å². The predicted molar refractivity (Wildman–Crippen MR) is 107 cm³/mol. The Morgan fingerprint density at radius 1 is 1.22 bits per heavy atom. The molecule has 1 fully saturated rings. The van der Waals surface area contributed by atoms with Gasteiger partial charge in [-0.25, -0.2) is 9.78 Å². The summed E-state index contributed by atoms with van der Waals surface area (Å²) >= 11 is 1.21. The Kier molecular flexibility index (Phi) is 5.95. The zero-order valence-electron chi connectivity index (χ0n) is 15.7. The molecule has 7 nitrogen and oxygen atoms in total. The molecule has 1 aliphatic heterocycles. The summed E-state index contributed by atoms with van der Waals surface area (Å²) in [4.78, 5) is 31.8. The van der Waals surface area contributed by atoms with Gasteiger partial charge in [0, 0.05) is 13.1 Å². The minimum absolute atomic E-state index is 0.00455. The van der Waals surface area contributed by atoms with E-state index in [1.807, 2.05) is 17.0 Å². The number of ether oxygens (including phenoxy) is 1. The molecule has 1 aliphatic rings. The number of benzene rings is 1. The lowest BCUT2D eigenvalue weighted by Gasteiger charge is -2.29. The van der Waals surface area contributed by atoms with Gasteiger partial charge in [-0.1, -0.05) is 30.4 Å². The van der Waals surface area contributed by atoms with Gasteiger partial charge in [-0.3, -0.25) is 10.1 Å². The van der Waals surface area contributed by atoms with Gasteiger partial charge in [-0.2, -0.15) is 0 Å². The average molecular weight is 388 g/mol. The van der Waals surface area contributed by atoms with Crippen LogP contribution >= 0.6 is 11.3 Å². The van der Waals surface area contributed by atoms with Crippen molar-refractivity contribution in [2.75, 3.05) is 30.8 Å². The number of thiazole rings is 1. The van der Waals surface area contributed by atoms with Crippen LogP contribution < -0.4 is 15.4 Å². The highest BCUT2D eigenvalue weighted by molar-refractivity contribution is 7.17. The quantitative estimate of drug-likeness (QED) is 0.830. The maximum absolute atomic E-state index is 12.8. The summed E-state index contributed by atoms with van der Waals surface area (Å²) in [5.74, 6) is 1.22. The second-order valence-electron chi connectivity index (χ2n) is 6.69. The second-order valence-corrected chi connectivity index (χ2v) is 7.69. The Labute approximate surface area is 162 Å². The molecule has 2 aromatic rings. The van der Waals surface area contributed by atoms with Gasteiger partial charge < -0.3 is 15.0 Å². The molecule has 27 heavy (non-hydrogen) atoms. The summed E-state index contributed by atoms with van der Waals surface area (Å²) in [6.07, 6.45) is 2.05. The summed E-state index contributed by atoms with van der Waals surface area (Å²) in [5.41, 5.74) is 1.20. The van der Waals surface area contributed by atoms with Gasteiger partial charge in [0.05, 0.1) is 18.5 Å². The van der Waals surface area contributed by atoms with Crippen LogP contribution in [0.3, 0.4) is 0 Å². The lowest BCUT2D eigenvalue weighted by atomic mass is 9.99. The molecule has 1 aromatic heterocycles. The smallest absolute Gasteiger partial charge is 0.325 e. The molecule has 144 valence electrons. The van der Waals surface area contributed by atoms with Crippen LogP contribution in [0, 0.1) is 12.8 Å². The van der Waals surface area contributed by atoms with E-state index >= 15 is 0 Å². The number of rotatable bonds is 4. The number of hydrogen-bond acceptors (Lipinski definition) is 5. The maximum Gasteiger partial charge on any atom is 0.325 e. The summed E-state index contributed by atoms with van der Waals surface area (Å²) in [6, 6.07) is 6.71. The molecule has 0 saturated carbocycles. The number of aryl methyl sites for hydroxylation is 1. The molecular weight excluding hydrogens is 364 g/mol. The first-order valence-corrected chi connectivity index (χ1v) is 9.77. The normalized spacial score (nSPS) is 14.7. The molecule has 0 aliphatic carbocycles. The first-order chi connectivity index (χ1) is 13.0. The number of piperidine rings is 1. The topological polar surface area (TPSA) is 83.6 Å². The van der Waals surface area contributed by atoms with Crippen molar-refractivity contribution >= 4 is 34.1 Å². The summed E-state index contributed by atoms with van der Waals surface area (Å²) in [7, 11) is 1.54. The van der Waals surface area contributed by atoms with Gasteiger partial charge in [0.2, 0.25) is 0 Å². The molecule has 0 atom stereocenters. The third-order valence-corrected chi connectivity index (χ3v) is 5.70. The average Bonchev–Trinajstić information content (AvgIpc) is 3.02. The van der Waals surface area contributed by atoms with Gasteiger partial charge in [-0.15, -0.1) is 0 Å². The Bertz CT molecular complexity index is 828. The molecular formula is C19H24N4O3S. The first kappa shape index (κ1) is 19.2. The highest BCUT2D eigenvalue weighted by atomic mass is 32.1.